The molecule has 0 unspecified atom stereocenters. The van der Waals surface area contributed by atoms with Gasteiger partial charge in [-0.3, -0.25) is 4.79 Å². The van der Waals surface area contributed by atoms with Crippen molar-refractivity contribution in [2.45, 2.75) is 19.3 Å². The maximum atomic E-state index is 12.7. The van der Waals surface area contributed by atoms with Gasteiger partial charge in [-0.1, -0.05) is 0 Å². The van der Waals surface area contributed by atoms with E-state index in [1.807, 2.05) is 5.32 Å². The molecule has 130 valence electrons. The van der Waals surface area contributed by atoms with Crippen molar-refractivity contribution in [2.75, 3.05) is 25.1 Å². The standard InChI is InChI=1S/C13H13F6NO3/c1-2-22-6-11(21)20-9-5-8(13(17,18)19)3-4-10(9)23-7-12(14,15)16/h3-5H,2,6-7H2,1H3,(H,20,21). The van der Waals surface area contributed by atoms with Crippen LogP contribution in [0.3, 0.4) is 0 Å². The van der Waals surface area contributed by atoms with E-state index in [0.717, 1.165) is 0 Å². The summed E-state index contributed by atoms with van der Waals surface area (Å²) in [6, 6.07) is 1.77. The van der Waals surface area contributed by atoms with E-state index < -0.39 is 48.5 Å². The second-order valence-electron chi connectivity index (χ2n) is 4.30. The van der Waals surface area contributed by atoms with Crippen LogP contribution in [0.4, 0.5) is 32.0 Å². The number of alkyl halides is 6. The number of amides is 1. The van der Waals surface area contributed by atoms with Crippen LogP contribution in [0, 0.1) is 0 Å². The minimum Gasteiger partial charge on any atom is -0.482 e. The van der Waals surface area contributed by atoms with Crippen LogP contribution < -0.4 is 10.1 Å². The monoisotopic (exact) mass is 345 g/mol. The maximum absolute atomic E-state index is 12.7. The summed E-state index contributed by atoms with van der Waals surface area (Å²) >= 11 is 0. The third-order valence-corrected chi connectivity index (χ3v) is 2.41. The summed E-state index contributed by atoms with van der Waals surface area (Å²) in [7, 11) is 0. The molecule has 0 aliphatic rings. The van der Waals surface area contributed by atoms with Gasteiger partial charge in [0.05, 0.1) is 11.3 Å². The van der Waals surface area contributed by atoms with Gasteiger partial charge < -0.3 is 14.8 Å². The molecule has 1 aromatic rings. The van der Waals surface area contributed by atoms with Gasteiger partial charge in [-0.05, 0) is 25.1 Å². The second-order valence-corrected chi connectivity index (χ2v) is 4.30. The molecule has 1 aromatic carbocycles. The van der Waals surface area contributed by atoms with Crippen LogP contribution >= 0.6 is 0 Å². The summed E-state index contributed by atoms with van der Waals surface area (Å²) in [5, 5.41) is 2.04. The molecule has 10 heteroatoms. The molecule has 0 aliphatic heterocycles. The number of rotatable bonds is 6. The van der Waals surface area contributed by atoms with Crippen molar-refractivity contribution < 1.29 is 40.6 Å². The van der Waals surface area contributed by atoms with Crippen LogP contribution in [0.5, 0.6) is 5.75 Å². The predicted octanol–water partition coefficient (Wildman–Crippen LogP) is 3.62. The molecule has 0 aromatic heterocycles. The Labute approximate surface area is 127 Å². The van der Waals surface area contributed by atoms with E-state index >= 15 is 0 Å². The molecular formula is C13H13F6NO3. The Morgan fingerprint density at radius 3 is 2.35 bits per heavy atom. The Bertz CT molecular complexity index is 541. The van der Waals surface area contributed by atoms with E-state index in [9.17, 15) is 31.1 Å². The highest BCUT2D eigenvalue weighted by atomic mass is 19.4. The van der Waals surface area contributed by atoms with Gasteiger partial charge in [0.1, 0.15) is 12.4 Å². The summed E-state index contributed by atoms with van der Waals surface area (Å²) in [6.07, 6.45) is -9.39. The van der Waals surface area contributed by atoms with Gasteiger partial charge in [-0.2, -0.15) is 26.3 Å². The molecule has 0 bridgehead atoms. The molecule has 23 heavy (non-hydrogen) atoms. The van der Waals surface area contributed by atoms with Gasteiger partial charge in [-0.25, -0.2) is 0 Å². The van der Waals surface area contributed by atoms with Crippen LogP contribution in [0.1, 0.15) is 12.5 Å². The number of benzene rings is 1. The molecule has 0 aliphatic carbocycles. The Balaban J connectivity index is 3.01. The Hall–Kier alpha value is -1.97. The molecule has 0 saturated heterocycles. The topological polar surface area (TPSA) is 47.6 Å². The van der Waals surface area contributed by atoms with Gasteiger partial charge in [0.2, 0.25) is 5.91 Å². The highest BCUT2D eigenvalue weighted by molar-refractivity contribution is 5.93. The van der Waals surface area contributed by atoms with Crippen LogP contribution in [0.25, 0.3) is 0 Å². The molecule has 4 nitrogen and oxygen atoms in total. The quantitative estimate of drug-likeness (QED) is 0.801. The maximum Gasteiger partial charge on any atom is 0.422 e. The van der Waals surface area contributed by atoms with Crippen molar-refractivity contribution in [3.8, 4) is 5.75 Å². The highest BCUT2D eigenvalue weighted by Crippen LogP contribution is 2.35. The van der Waals surface area contributed by atoms with Crippen molar-refractivity contribution in [1.82, 2.24) is 0 Å². The molecule has 1 rings (SSSR count). The van der Waals surface area contributed by atoms with E-state index in [1.54, 1.807) is 6.92 Å². The largest absolute Gasteiger partial charge is 0.482 e. The molecular weight excluding hydrogens is 332 g/mol. The first kappa shape index (κ1) is 19.1. The van der Waals surface area contributed by atoms with E-state index in [1.165, 1.54) is 0 Å². The number of hydrogen-bond donors (Lipinski definition) is 1. The average molecular weight is 345 g/mol. The third kappa shape index (κ3) is 6.76. The van der Waals surface area contributed by atoms with Crippen molar-refractivity contribution >= 4 is 11.6 Å². The number of ether oxygens (including phenoxy) is 2. The lowest BCUT2D eigenvalue weighted by atomic mass is 10.1. The fourth-order valence-corrected chi connectivity index (χ4v) is 1.47. The molecule has 0 radical (unpaired) electrons. The Kier molecular flexibility index (Phi) is 6.25. The average Bonchev–Trinajstić information content (AvgIpc) is 2.41. The van der Waals surface area contributed by atoms with E-state index in [0.29, 0.717) is 18.2 Å². The first-order valence-corrected chi connectivity index (χ1v) is 6.31. The minimum absolute atomic E-state index is 0.188. The normalized spacial score (nSPS) is 12.1. The first-order chi connectivity index (χ1) is 10.5. The number of hydrogen-bond acceptors (Lipinski definition) is 3. The molecule has 0 heterocycles. The highest BCUT2D eigenvalue weighted by Gasteiger charge is 2.32. The van der Waals surface area contributed by atoms with Crippen LogP contribution in [-0.4, -0.2) is 31.9 Å². The van der Waals surface area contributed by atoms with Gasteiger partial charge in [-0.15, -0.1) is 0 Å². The Morgan fingerprint density at radius 1 is 1.17 bits per heavy atom. The Morgan fingerprint density at radius 2 is 1.83 bits per heavy atom. The molecule has 0 atom stereocenters. The SMILES string of the molecule is CCOCC(=O)Nc1cc(C(F)(F)F)ccc1OCC(F)(F)F. The van der Waals surface area contributed by atoms with Crippen molar-refractivity contribution in [2.24, 2.45) is 0 Å². The molecule has 1 N–H and O–H groups in total. The molecule has 0 spiro atoms. The number of carbonyl (C=O) groups is 1. The third-order valence-electron chi connectivity index (χ3n) is 2.41. The molecule has 0 fully saturated rings. The van der Waals surface area contributed by atoms with Gasteiger partial charge in [0.15, 0.2) is 6.61 Å². The summed E-state index contributed by atoms with van der Waals surface area (Å²) in [4.78, 5) is 11.5. The zero-order valence-electron chi connectivity index (χ0n) is 11.8. The van der Waals surface area contributed by atoms with E-state index in [-0.39, 0.29) is 6.61 Å². The molecule has 1 amide bonds. The van der Waals surface area contributed by atoms with E-state index in [2.05, 4.69) is 4.74 Å². The van der Waals surface area contributed by atoms with Crippen LogP contribution in [0.15, 0.2) is 18.2 Å². The zero-order chi connectivity index (χ0) is 17.7. The van der Waals surface area contributed by atoms with E-state index in [4.69, 9.17) is 4.74 Å². The fourth-order valence-electron chi connectivity index (χ4n) is 1.47. The van der Waals surface area contributed by atoms with Crippen molar-refractivity contribution in [1.29, 1.82) is 0 Å². The van der Waals surface area contributed by atoms with Crippen LogP contribution in [0.2, 0.25) is 0 Å². The summed E-state index contributed by atoms with van der Waals surface area (Å²) in [6.45, 7) is -0.374. The lowest BCUT2D eigenvalue weighted by Gasteiger charge is -2.16. The first-order valence-electron chi connectivity index (χ1n) is 6.31. The fraction of sp³-hybridized carbons (Fsp3) is 0.462. The lowest BCUT2D eigenvalue weighted by molar-refractivity contribution is -0.153. The van der Waals surface area contributed by atoms with Gasteiger partial charge >= 0.3 is 12.4 Å². The smallest absolute Gasteiger partial charge is 0.422 e. The van der Waals surface area contributed by atoms with Crippen LogP contribution in [-0.2, 0) is 15.7 Å². The molecule has 0 saturated carbocycles. The van der Waals surface area contributed by atoms with Gasteiger partial charge in [0.25, 0.3) is 0 Å². The van der Waals surface area contributed by atoms with Crippen molar-refractivity contribution in [3.63, 3.8) is 0 Å². The summed E-state index contributed by atoms with van der Waals surface area (Å²) in [5.74, 6) is -1.34. The number of halogens is 6. The number of carbonyl (C=O) groups excluding carboxylic acids is 1. The number of anilines is 1. The summed E-state index contributed by atoms with van der Waals surface area (Å²) < 4.78 is 83.6. The van der Waals surface area contributed by atoms with Gasteiger partial charge in [0, 0.05) is 6.61 Å². The zero-order valence-corrected chi connectivity index (χ0v) is 11.8. The minimum atomic E-state index is -4.72. The second kappa shape index (κ2) is 7.53. The van der Waals surface area contributed by atoms with Crippen molar-refractivity contribution in [3.05, 3.63) is 23.8 Å². The lowest BCUT2D eigenvalue weighted by Crippen LogP contribution is -2.22. The predicted molar refractivity (Wildman–Crippen MR) is 68.1 cm³/mol. The summed E-state index contributed by atoms with van der Waals surface area (Å²) in [5.41, 5.74) is -1.66. The number of nitrogens with one attached hydrogen (secondary N) is 1.